The molecule has 1 aromatic rings. The van der Waals surface area contributed by atoms with Crippen LogP contribution in [0, 0.1) is 0 Å². The van der Waals surface area contributed by atoms with Gasteiger partial charge in [-0.05, 0) is 24.6 Å². The molecule has 0 aliphatic carbocycles. The molecule has 0 amide bonds. The van der Waals surface area contributed by atoms with E-state index in [1.54, 1.807) is 12.1 Å². The van der Waals surface area contributed by atoms with Crippen molar-refractivity contribution in [2.24, 2.45) is 10.7 Å². The number of nitrogens with zero attached hydrogens (tertiary/aromatic N) is 1. The van der Waals surface area contributed by atoms with Gasteiger partial charge < -0.3 is 15.8 Å². The molecule has 0 heterocycles. The average Bonchev–Trinajstić information content (AvgIpc) is 2.38. The Balaban J connectivity index is 0.00000400. The van der Waals surface area contributed by atoms with Gasteiger partial charge >= 0.3 is 0 Å². The molecule has 0 aromatic heterocycles. The molecule has 1 rings (SSSR count). The van der Waals surface area contributed by atoms with Crippen LogP contribution in [0.5, 0.6) is 0 Å². The van der Waals surface area contributed by atoms with Gasteiger partial charge in [0, 0.05) is 16.6 Å². The van der Waals surface area contributed by atoms with Crippen molar-refractivity contribution in [2.75, 3.05) is 19.7 Å². The van der Waals surface area contributed by atoms with Gasteiger partial charge in [-0.2, -0.15) is 0 Å². The van der Waals surface area contributed by atoms with Crippen molar-refractivity contribution in [2.45, 2.75) is 13.5 Å². The Kier molecular flexibility index (Phi) is 10.9. The second kappa shape index (κ2) is 11.1. The van der Waals surface area contributed by atoms with Crippen molar-refractivity contribution in [1.82, 2.24) is 5.32 Å². The lowest BCUT2D eigenvalue weighted by atomic mass is 10.2. The van der Waals surface area contributed by atoms with E-state index in [2.05, 4.69) is 16.9 Å². The van der Waals surface area contributed by atoms with E-state index < -0.39 is 0 Å². The number of aliphatic imine (C=N–C) groups is 1. The number of ether oxygens (including phenoxy) is 1. The van der Waals surface area contributed by atoms with E-state index in [4.69, 9.17) is 33.7 Å². The number of hydrogen-bond acceptors (Lipinski definition) is 2. The summed E-state index contributed by atoms with van der Waals surface area (Å²) in [7, 11) is 0. The van der Waals surface area contributed by atoms with Gasteiger partial charge in [0.2, 0.25) is 0 Å². The predicted molar refractivity (Wildman–Crippen MR) is 101 cm³/mol. The minimum absolute atomic E-state index is 0. The van der Waals surface area contributed by atoms with Gasteiger partial charge in [0.05, 0.1) is 19.8 Å². The summed E-state index contributed by atoms with van der Waals surface area (Å²) < 4.78 is 5.50. The molecule has 21 heavy (non-hydrogen) atoms. The summed E-state index contributed by atoms with van der Waals surface area (Å²) in [6.07, 6.45) is 0. The second-order valence-electron chi connectivity index (χ2n) is 4.37. The molecular weight excluding hydrogens is 424 g/mol. The fraction of sp³-hybridized carbons (Fsp3) is 0.357. The molecule has 0 saturated heterocycles. The van der Waals surface area contributed by atoms with E-state index in [-0.39, 0.29) is 24.0 Å². The van der Waals surface area contributed by atoms with Crippen LogP contribution < -0.4 is 11.1 Å². The van der Waals surface area contributed by atoms with Crippen LogP contribution in [0.15, 0.2) is 35.3 Å². The maximum atomic E-state index is 6.04. The molecule has 0 radical (unpaired) electrons. The molecule has 118 valence electrons. The summed E-state index contributed by atoms with van der Waals surface area (Å²) in [5, 5.41) is 4.17. The van der Waals surface area contributed by atoms with Crippen LogP contribution in [0.1, 0.15) is 12.5 Å². The zero-order valence-electron chi connectivity index (χ0n) is 11.9. The van der Waals surface area contributed by atoms with Crippen molar-refractivity contribution in [3.05, 3.63) is 46.0 Å². The topological polar surface area (TPSA) is 59.6 Å². The first-order valence-electron chi connectivity index (χ1n) is 6.19. The van der Waals surface area contributed by atoms with Gasteiger partial charge in [-0.25, -0.2) is 4.99 Å². The molecule has 0 spiro atoms. The van der Waals surface area contributed by atoms with Crippen LogP contribution in [0.3, 0.4) is 0 Å². The maximum Gasteiger partial charge on any atom is 0.188 e. The quantitative estimate of drug-likeness (QED) is 0.222. The molecule has 3 N–H and O–H groups in total. The first kappa shape index (κ1) is 20.5. The Morgan fingerprint density at radius 1 is 1.43 bits per heavy atom. The summed E-state index contributed by atoms with van der Waals surface area (Å²) in [4.78, 5) is 4.10. The molecule has 0 unspecified atom stereocenters. The third-order valence-corrected chi connectivity index (χ3v) is 2.93. The highest BCUT2D eigenvalue weighted by atomic mass is 127. The predicted octanol–water partition coefficient (Wildman–Crippen LogP) is 3.61. The van der Waals surface area contributed by atoms with Crippen LogP contribution >= 0.6 is 47.2 Å². The van der Waals surface area contributed by atoms with E-state index in [0.29, 0.717) is 42.3 Å². The Bertz CT molecular complexity index is 495. The molecular formula is C14H20Cl2IN3O. The number of rotatable bonds is 7. The SMILES string of the molecule is C=C(C)CN=C(N)NCCOCc1ccc(Cl)cc1Cl.I. The number of hydrogen-bond donors (Lipinski definition) is 2. The highest BCUT2D eigenvalue weighted by Gasteiger charge is 2.01. The van der Waals surface area contributed by atoms with Gasteiger partial charge in [-0.1, -0.05) is 41.4 Å². The molecule has 0 fully saturated rings. The molecule has 1 aromatic carbocycles. The van der Waals surface area contributed by atoms with Crippen LogP contribution in [0.4, 0.5) is 0 Å². The first-order valence-corrected chi connectivity index (χ1v) is 6.94. The Labute approximate surface area is 152 Å². The van der Waals surface area contributed by atoms with Crippen molar-refractivity contribution in [1.29, 1.82) is 0 Å². The van der Waals surface area contributed by atoms with Gasteiger partial charge in [0.25, 0.3) is 0 Å². The third-order valence-electron chi connectivity index (χ3n) is 2.34. The normalized spacial score (nSPS) is 10.9. The molecule has 7 heteroatoms. The van der Waals surface area contributed by atoms with Gasteiger partial charge in [0.15, 0.2) is 5.96 Å². The van der Waals surface area contributed by atoms with Crippen molar-refractivity contribution < 1.29 is 4.74 Å². The number of guanidine groups is 1. The van der Waals surface area contributed by atoms with Crippen molar-refractivity contribution >= 4 is 53.1 Å². The Morgan fingerprint density at radius 2 is 2.14 bits per heavy atom. The fourth-order valence-electron chi connectivity index (χ4n) is 1.35. The van der Waals surface area contributed by atoms with Crippen molar-refractivity contribution in [3.8, 4) is 0 Å². The largest absolute Gasteiger partial charge is 0.375 e. The lowest BCUT2D eigenvalue weighted by molar-refractivity contribution is 0.125. The highest BCUT2D eigenvalue weighted by Crippen LogP contribution is 2.21. The maximum absolute atomic E-state index is 6.04. The molecule has 0 saturated carbocycles. The lowest BCUT2D eigenvalue weighted by Gasteiger charge is -2.08. The zero-order valence-corrected chi connectivity index (χ0v) is 15.7. The number of benzene rings is 1. The standard InChI is InChI=1S/C14H19Cl2N3O.HI/c1-10(2)8-19-14(17)18-5-6-20-9-11-3-4-12(15)7-13(11)16;/h3-4,7H,1,5-6,8-9H2,2H3,(H3,17,18,19);1H. The number of nitrogens with one attached hydrogen (secondary N) is 1. The van der Waals surface area contributed by atoms with E-state index in [0.717, 1.165) is 11.1 Å². The summed E-state index contributed by atoms with van der Waals surface area (Å²) in [5.41, 5.74) is 7.53. The number of nitrogens with two attached hydrogens (primary N) is 1. The average molecular weight is 444 g/mol. The third kappa shape index (κ3) is 9.18. The smallest absolute Gasteiger partial charge is 0.188 e. The summed E-state index contributed by atoms with van der Waals surface area (Å²) in [5.74, 6) is 0.390. The van der Waals surface area contributed by atoms with E-state index in [1.807, 2.05) is 13.0 Å². The molecule has 4 nitrogen and oxygen atoms in total. The second-order valence-corrected chi connectivity index (χ2v) is 5.22. The molecule has 0 bridgehead atoms. The molecule has 0 atom stereocenters. The molecule has 0 aliphatic heterocycles. The minimum atomic E-state index is 0. The summed E-state index contributed by atoms with van der Waals surface area (Å²) in [6, 6.07) is 5.33. The van der Waals surface area contributed by atoms with Crippen LogP contribution in [-0.4, -0.2) is 25.7 Å². The van der Waals surface area contributed by atoms with Crippen LogP contribution in [-0.2, 0) is 11.3 Å². The van der Waals surface area contributed by atoms with Crippen LogP contribution in [0.2, 0.25) is 10.0 Å². The van der Waals surface area contributed by atoms with E-state index in [1.165, 1.54) is 0 Å². The summed E-state index contributed by atoms with van der Waals surface area (Å²) in [6.45, 7) is 7.69. The Hall–Kier alpha value is -0.500. The highest BCUT2D eigenvalue weighted by molar-refractivity contribution is 14.0. The van der Waals surface area contributed by atoms with E-state index in [9.17, 15) is 0 Å². The Morgan fingerprint density at radius 3 is 2.76 bits per heavy atom. The van der Waals surface area contributed by atoms with Crippen LogP contribution in [0.25, 0.3) is 0 Å². The zero-order chi connectivity index (χ0) is 15.0. The minimum Gasteiger partial charge on any atom is -0.375 e. The van der Waals surface area contributed by atoms with Gasteiger partial charge in [0.1, 0.15) is 0 Å². The van der Waals surface area contributed by atoms with Crippen molar-refractivity contribution in [3.63, 3.8) is 0 Å². The van der Waals surface area contributed by atoms with Gasteiger partial charge in [-0.15, -0.1) is 24.0 Å². The van der Waals surface area contributed by atoms with E-state index >= 15 is 0 Å². The summed E-state index contributed by atoms with van der Waals surface area (Å²) >= 11 is 11.9. The van der Waals surface area contributed by atoms with Gasteiger partial charge in [-0.3, -0.25) is 0 Å². The monoisotopic (exact) mass is 443 g/mol. The fourth-order valence-corrected chi connectivity index (χ4v) is 1.81. The lowest BCUT2D eigenvalue weighted by Crippen LogP contribution is -2.34. The first-order chi connectivity index (χ1) is 9.49. The number of halogens is 3. The molecule has 0 aliphatic rings.